The SMILES string of the molecule is C=CC.Nc1nc(N)nc(N)n1.Nc1nc(N)nc(N)n1. The summed E-state index contributed by atoms with van der Waals surface area (Å²) in [7, 11) is 0. The van der Waals surface area contributed by atoms with Crippen molar-refractivity contribution in [1.29, 1.82) is 0 Å². The molecular weight excluding hydrogens is 276 g/mol. The first kappa shape index (κ1) is 17.6. The van der Waals surface area contributed by atoms with Gasteiger partial charge in [-0.2, -0.15) is 29.9 Å². The fourth-order valence-electron chi connectivity index (χ4n) is 0.854. The highest BCUT2D eigenvalue weighted by Gasteiger charge is 1.94. The molecule has 0 aliphatic carbocycles. The zero-order chi connectivity index (χ0) is 16.4. The number of rotatable bonds is 0. The Kier molecular flexibility index (Phi) is 7.21. The minimum atomic E-state index is 0.0417. The maximum absolute atomic E-state index is 5.14. The molecule has 12 heteroatoms. The molecule has 0 aliphatic heterocycles. The van der Waals surface area contributed by atoms with E-state index in [1.54, 1.807) is 6.08 Å². The Morgan fingerprint density at radius 3 is 0.762 bits per heavy atom. The topological polar surface area (TPSA) is 233 Å². The second kappa shape index (κ2) is 8.63. The quantitative estimate of drug-likeness (QED) is 0.302. The molecule has 2 rings (SSSR count). The number of allylic oxidation sites excluding steroid dienone is 1. The molecule has 0 spiro atoms. The van der Waals surface area contributed by atoms with Gasteiger partial charge in [-0.05, 0) is 6.92 Å². The van der Waals surface area contributed by atoms with Gasteiger partial charge in [-0.1, -0.05) is 6.08 Å². The number of nitrogens with two attached hydrogens (primary N) is 6. The largest absolute Gasteiger partial charge is 0.368 e. The molecule has 0 saturated carbocycles. The van der Waals surface area contributed by atoms with E-state index in [0.29, 0.717) is 0 Å². The summed E-state index contributed by atoms with van der Waals surface area (Å²) in [6.07, 6.45) is 1.75. The summed E-state index contributed by atoms with van der Waals surface area (Å²) < 4.78 is 0. The number of aromatic nitrogens is 6. The van der Waals surface area contributed by atoms with E-state index in [-0.39, 0.29) is 35.7 Å². The number of nitrogens with zero attached hydrogens (tertiary/aromatic N) is 6. The molecule has 21 heavy (non-hydrogen) atoms. The molecule has 0 atom stereocenters. The van der Waals surface area contributed by atoms with Crippen molar-refractivity contribution in [2.75, 3.05) is 34.4 Å². The zero-order valence-corrected chi connectivity index (χ0v) is 11.4. The summed E-state index contributed by atoms with van der Waals surface area (Å²) in [6.45, 7) is 5.25. The van der Waals surface area contributed by atoms with Gasteiger partial charge in [0, 0.05) is 0 Å². The molecule has 114 valence electrons. The molecule has 0 amide bonds. The van der Waals surface area contributed by atoms with Crippen molar-refractivity contribution in [3.8, 4) is 0 Å². The van der Waals surface area contributed by atoms with Crippen molar-refractivity contribution in [3.05, 3.63) is 12.7 Å². The molecule has 12 nitrogen and oxygen atoms in total. The van der Waals surface area contributed by atoms with E-state index in [9.17, 15) is 0 Å². The molecule has 0 aromatic carbocycles. The Bertz CT molecular complexity index is 432. The molecule has 0 saturated heterocycles. The maximum atomic E-state index is 5.14. The van der Waals surface area contributed by atoms with Gasteiger partial charge in [-0.25, -0.2) is 0 Å². The molecule has 0 radical (unpaired) electrons. The second-order valence-electron chi connectivity index (χ2n) is 3.23. The second-order valence-corrected chi connectivity index (χ2v) is 3.23. The van der Waals surface area contributed by atoms with Crippen LogP contribution < -0.4 is 34.4 Å². The Morgan fingerprint density at radius 2 is 0.667 bits per heavy atom. The maximum Gasteiger partial charge on any atom is 0.226 e. The Labute approximate surface area is 120 Å². The monoisotopic (exact) mass is 294 g/mol. The van der Waals surface area contributed by atoms with Crippen LogP contribution in [-0.4, -0.2) is 29.9 Å². The summed E-state index contributed by atoms with van der Waals surface area (Å²) >= 11 is 0. The summed E-state index contributed by atoms with van der Waals surface area (Å²) in [5.41, 5.74) is 30.8. The van der Waals surface area contributed by atoms with Crippen LogP contribution in [0.1, 0.15) is 6.92 Å². The van der Waals surface area contributed by atoms with Crippen LogP contribution in [0.25, 0.3) is 0 Å². The highest BCUT2D eigenvalue weighted by atomic mass is 15.2. The molecule has 0 unspecified atom stereocenters. The highest BCUT2D eigenvalue weighted by Crippen LogP contribution is 1.98. The van der Waals surface area contributed by atoms with Crippen molar-refractivity contribution < 1.29 is 0 Å². The summed E-state index contributed by atoms with van der Waals surface area (Å²) in [5, 5.41) is 0. The average Bonchev–Trinajstić information content (AvgIpc) is 2.26. The van der Waals surface area contributed by atoms with Crippen LogP contribution in [0.2, 0.25) is 0 Å². The Balaban J connectivity index is 0.000000322. The molecular formula is C9H18N12. The first-order valence-corrected chi connectivity index (χ1v) is 5.40. The van der Waals surface area contributed by atoms with Gasteiger partial charge in [0.2, 0.25) is 35.7 Å². The lowest BCUT2D eigenvalue weighted by atomic mass is 10.8. The van der Waals surface area contributed by atoms with Crippen LogP contribution in [0.15, 0.2) is 12.7 Å². The first-order chi connectivity index (χ1) is 9.78. The van der Waals surface area contributed by atoms with Gasteiger partial charge < -0.3 is 34.4 Å². The molecule has 2 heterocycles. The van der Waals surface area contributed by atoms with Crippen molar-refractivity contribution in [2.24, 2.45) is 0 Å². The molecule has 2 aromatic rings. The third kappa shape index (κ3) is 8.30. The van der Waals surface area contributed by atoms with E-state index in [1.807, 2.05) is 6.92 Å². The molecule has 12 N–H and O–H groups in total. The van der Waals surface area contributed by atoms with Crippen LogP contribution in [0.3, 0.4) is 0 Å². The van der Waals surface area contributed by atoms with E-state index in [2.05, 4.69) is 36.5 Å². The van der Waals surface area contributed by atoms with Gasteiger partial charge in [-0.15, -0.1) is 6.58 Å². The van der Waals surface area contributed by atoms with Gasteiger partial charge in [0.05, 0.1) is 0 Å². The van der Waals surface area contributed by atoms with Gasteiger partial charge in [0.15, 0.2) is 0 Å². The third-order valence-electron chi connectivity index (χ3n) is 1.37. The minimum Gasteiger partial charge on any atom is -0.368 e. The minimum absolute atomic E-state index is 0.0417. The van der Waals surface area contributed by atoms with Crippen LogP contribution in [-0.2, 0) is 0 Å². The van der Waals surface area contributed by atoms with Crippen LogP contribution in [0.5, 0.6) is 0 Å². The fraction of sp³-hybridized carbons (Fsp3) is 0.111. The Hall–Kier alpha value is -3.44. The Morgan fingerprint density at radius 1 is 0.571 bits per heavy atom. The summed E-state index contributed by atoms with van der Waals surface area (Å²) in [5.74, 6) is 0.250. The summed E-state index contributed by atoms with van der Waals surface area (Å²) in [4.78, 5) is 20.9. The molecule has 0 aliphatic rings. The molecule has 2 aromatic heterocycles. The lowest BCUT2D eigenvalue weighted by Crippen LogP contribution is -2.05. The number of hydrogen-bond donors (Lipinski definition) is 6. The fourth-order valence-corrected chi connectivity index (χ4v) is 0.854. The summed E-state index contributed by atoms with van der Waals surface area (Å²) in [6, 6.07) is 0. The van der Waals surface area contributed by atoms with Gasteiger partial charge in [0.25, 0.3) is 0 Å². The van der Waals surface area contributed by atoms with Crippen molar-refractivity contribution in [3.63, 3.8) is 0 Å². The van der Waals surface area contributed by atoms with Gasteiger partial charge in [0.1, 0.15) is 0 Å². The normalized spacial score (nSPS) is 8.62. The zero-order valence-electron chi connectivity index (χ0n) is 11.4. The standard InChI is InChI=1S/2C3H6N6.C3H6/c2*4-1-7-2(5)9-3(6)8-1;1-3-2/h2*(H6,4,5,6,7,8,9);3H,1H2,2H3. The smallest absolute Gasteiger partial charge is 0.226 e. The number of nitrogen functional groups attached to an aromatic ring is 6. The number of hydrogen-bond acceptors (Lipinski definition) is 12. The van der Waals surface area contributed by atoms with Gasteiger partial charge >= 0.3 is 0 Å². The number of anilines is 6. The lowest BCUT2D eigenvalue weighted by molar-refractivity contribution is 1.09. The molecule has 0 fully saturated rings. The predicted molar refractivity (Wildman–Crippen MR) is 82.0 cm³/mol. The van der Waals surface area contributed by atoms with E-state index in [4.69, 9.17) is 34.4 Å². The van der Waals surface area contributed by atoms with Gasteiger partial charge in [-0.3, -0.25) is 0 Å². The van der Waals surface area contributed by atoms with E-state index in [0.717, 1.165) is 0 Å². The van der Waals surface area contributed by atoms with E-state index < -0.39 is 0 Å². The highest BCUT2D eigenvalue weighted by molar-refractivity contribution is 5.33. The molecule has 0 bridgehead atoms. The van der Waals surface area contributed by atoms with Crippen molar-refractivity contribution in [1.82, 2.24) is 29.9 Å². The lowest BCUT2D eigenvalue weighted by Gasteiger charge is -1.93. The van der Waals surface area contributed by atoms with E-state index >= 15 is 0 Å². The van der Waals surface area contributed by atoms with Crippen molar-refractivity contribution in [2.45, 2.75) is 6.92 Å². The predicted octanol–water partition coefficient (Wildman–Crippen LogP) is -1.57. The third-order valence-corrected chi connectivity index (χ3v) is 1.37. The van der Waals surface area contributed by atoms with Crippen molar-refractivity contribution >= 4 is 35.7 Å². The van der Waals surface area contributed by atoms with E-state index in [1.165, 1.54) is 0 Å². The first-order valence-electron chi connectivity index (χ1n) is 5.40. The van der Waals surface area contributed by atoms with Crippen LogP contribution in [0.4, 0.5) is 35.7 Å². The van der Waals surface area contributed by atoms with Crippen LogP contribution >= 0.6 is 0 Å². The average molecular weight is 294 g/mol. The van der Waals surface area contributed by atoms with Crippen LogP contribution in [0, 0.1) is 0 Å².